The summed E-state index contributed by atoms with van der Waals surface area (Å²) in [6, 6.07) is 0.486. The van der Waals surface area contributed by atoms with Crippen molar-refractivity contribution in [2.24, 2.45) is 11.8 Å². The van der Waals surface area contributed by atoms with Gasteiger partial charge >= 0.3 is 5.97 Å². The molecule has 0 aromatic heterocycles. The number of ether oxygens (including phenoxy) is 1. The van der Waals surface area contributed by atoms with Crippen LogP contribution in [0.1, 0.15) is 33.6 Å². The van der Waals surface area contributed by atoms with Crippen LogP contribution in [0, 0.1) is 11.8 Å². The predicted molar refractivity (Wildman–Crippen MR) is 56.0 cm³/mol. The van der Waals surface area contributed by atoms with Gasteiger partial charge < -0.3 is 10.1 Å². The zero-order valence-electron chi connectivity index (χ0n) is 9.38. The van der Waals surface area contributed by atoms with Crippen molar-refractivity contribution in [3.05, 3.63) is 0 Å². The third-order valence-corrected chi connectivity index (χ3v) is 2.86. The Balaban J connectivity index is 2.39. The van der Waals surface area contributed by atoms with E-state index < -0.39 is 0 Å². The fraction of sp³-hybridized carbons (Fsp3) is 0.909. The number of hydrogen-bond donors (Lipinski definition) is 1. The molecule has 0 radical (unpaired) electrons. The molecule has 14 heavy (non-hydrogen) atoms. The average molecular weight is 199 g/mol. The summed E-state index contributed by atoms with van der Waals surface area (Å²) in [4.78, 5) is 11.3. The lowest BCUT2D eigenvalue weighted by Gasteiger charge is -2.22. The molecule has 2 atom stereocenters. The third-order valence-electron chi connectivity index (χ3n) is 2.86. The first-order valence-corrected chi connectivity index (χ1v) is 5.54. The predicted octanol–water partition coefficient (Wildman–Crippen LogP) is 1.57. The minimum Gasteiger partial charge on any atom is -0.466 e. The lowest BCUT2D eigenvalue weighted by Crippen LogP contribution is -2.33. The zero-order valence-corrected chi connectivity index (χ0v) is 9.38. The van der Waals surface area contributed by atoms with Crippen molar-refractivity contribution in [3.8, 4) is 0 Å². The molecule has 1 heterocycles. The van der Waals surface area contributed by atoms with Crippen molar-refractivity contribution in [1.29, 1.82) is 0 Å². The summed E-state index contributed by atoms with van der Waals surface area (Å²) < 4.78 is 4.97. The van der Waals surface area contributed by atoms with Crippen LogP contribution in [0.4, 0.5) is 0 Å². The van der Waals surface area contributed by atoms with Gasteiger partial charge in [-0.1, -0.05) is 13.8 Å². The first-order valence-electron chi connectivity index (χ1n) is 5.54. The second-order valence-corrected chi connectivity index (χ2v) is 4.28. The monoisotopic (exact) mass is 199 g/mol. The van der Waals surface area contributed by atoms with Crippen LogP contribution in [-0.2, 0) is 9.53 Å². The van der Waals surface area contributed by atoms with Crippen LogP contribution in [0.5, 0.6) is 0 Å². The van der Waals surface area contributed by atoms with Gasteiger partial charge in [0.15, 0.2) is 0 Å². The second-order valence-electron chi connectivity index (χ2n) is 4.28. The maximum Gasteiger partial charge on any atom is 0.306 e. The Morgan fingerprint density at radius 2 is 2.29 bits per heavy atom. The highest BCUT2D eigenvalue weighted by atomic mass is 16.5. The minimum atomic E-state index is -0.0492. The molecule has 0 amide bonds. The van der Waals surface area contributed by atoms with Gasteiger partial charge in [-0.05, 0) is 31.7 Å². The Hall–Kier alpha value is -0.570. The normalized spacial score (nSPS) is 26.9. The number of esters is 1. The van der Waals surface area contributed by atoms with Crippen molar-refractivity contribution in [2.75, 3.05) is 13.2 Å². The fourth-order valence-electron chi connectivity index (χ4n) is 2.22. The molecule has 1 N–H and O–H groups in total. The van der Waals surface area contributed by atoms with Crippen molar-refractivity contribution < 1.29 is 9.53 Å². The molecule has 3 nitrogen and oxygen atoms in total. The lowest BCUT2D eigenvalue weighted by molar-refractivity contribution is -0.144. The topological polar surface area (TPSA) is 38.3 Å². The smallest absolute Gasteiger partial charge is 0.306 e. The summed E-state index contributed by atoms with van der Waals surface area (Å²) in [6.07, 6.45) is 1.67. The number of rotatable bonds is 4. The maximum atomic E-state index is 11.3. The van der Waals surface area contributed by atoms with Gasteiger partial charge in [0.05, 0.1) is 6.61 Å². The van der Waals surface area contributed by atoms with Crippen molar-refractivity contribution >= 4 is 5.97 Å². The van der Waals surface area contributed by atoms with E-state index in [0.717, 1.165) is 13.0 Å². The molecule has 1 fully saturated rings. The van der Waals surface area contributed by atoms with Crippen LogP contribution >= 0.6 is 0 Å². The Morgan fingerprint density at radius 3 is 2.86 bits per heavy atom. The maximum absolute atomic E-state index is 11.3. The highest BCUT2D eigenvalue weighted by Gasteiger charge is 2.30. The van der Waals surface area contributed by atoms with Crippen LogP contribution < -0.4 is 5.32 Å². The van der Waals surface area contributed by atoms with Crippen LogP contribution in [0.15, 0.2) is 0 Å². The quantitative estimate of drug-likeness (QED) is 0.698. The Labute approximate surface area is 86.2 Å². The standard InChI is InChI=1S/C11H21NO2/c1-4-14-10(13)7-9-5-6-12-11(9)8(2)3/h8-9,11-12H,4-7H2,1-3H3. The van der Waals surface area contributed by atoms with Gasteiger partial charge in [0.2, 0.25) is 0 Å². The molecule has 1 rings (SSSR count). The SMILES string of the molecule is CCOC(=O)CC1CCNC1C(C)C. The highest BCUT2D eigenvalue weighted by Crippen LogP contribution is 2.25. The first-order chi connectivity index (χ1) is 6.65. The van der Waals surface area contributed by atoms with E-state index in [9.17, 15) is 4.79 Å². The van der Waals surface area contributed by atoms with Gasteiger partial charge in [-0.3, -0.25) is 4.79 Å². The highest BCUT2D eigenvalue weighted by molar-refractivity contribution is 5.69. The fourth-order valence-corrected chi connectivity index (χ4v) is 2.22. The number of carbonyl (C=O) groups excluding carboxylic acids is 1. The van der Waals surface area contributed by atoms with Gasteiger partial charge in [-0.15, -0.1) is 0 Å². The summed E-state index contributed by atoms with van der Waals surface area (Å²) in [6.45, 7) is 7.77. The molecule has 0 spiro atoms. The Bertz CT molecular complexity index is 192. The van der Waals surface area contributed by atoms with Crippen LogP contribution in [0.2, 0.25) is 0 Å². The molecule has 0 saturated carbocycles. The lowest BCUT2D eigenvalue weighted by atomic mass is 9.89. The summed E-state index contributed by atoms with van der Waals surface area (Å²) in [5, 5.41) is 3.45. The molecule has 0 aliphatic carbocycles. The largest absolute Gasteiger partial charge is 0.466 e. The molecule has 2 unspecified atom stereocenters. The summed E-state index contributed by atoms with van der Waals surface area (Å²) in [5.74, 6) is 1.01. The summed E-state index contributed by atoms with van der Waals surface area (Å²) in [7, 11) is 0. The minimum absolute atomic E-state index is 0.0492. The molecule has 1 saturated heterocycles. The van der Waals surface area contributed by atoms with Crippen LogP contribution in [-0.4, -0.2) is 25.2 Å². The van der Waals surface area contributed by atoms with Crippen LogP contribution in [0.3, 0.4) is 0 Å². The van der Waals surface area contributed by atoms with E-state index >= 15 is 0 Å². The molecular weight excluding hydrogens is 178 g/mol. The van der Waals surface area contributed by atoms with E-state index in [-0.39, 0.29) is 5.97 Å². The molecule has 0 aromatic carbocycles. The van der Waals surface area contributed by atoms with E-state index in [1.54, 1.807) is 0 Å². The van der Waals surface area contributed by atoms with E-state index in [1.165, 1.54) is 0 Å². The molecule has 82 valence electrons. The molecule has 1 aliphatic heterocycles. The van der Waals surface area contributed by atoms with Gasteiger partial charge in [-0.2, -0.15) is 0 Å². The van der Waals surface area contributed by atoms with Crippen molar-refractivity contribution in [2.45, 2.75) is 39.7 Å². The Kier molecular flexibility index (Phi) is 4.39. The molecule has 0 bridgehead atoms. The Morgan fingerprint density at radius 1 is 1.57 bits per heavy atom. The number of hydrogen-bond acceptors (Lipinski definition) is 3. The average Bonchev–Trinajstić information content (AvgIpc) is 2.52. The van der Waals surface area contributed by atoms with Crippen molar-refractivity contribution in [1.82, 2.24) is 5.32 Å². The molecule has 3 heteroatoms. The van der Waals surface area contributed by atoms with Crippen LogP contribution in [0.25, 0.3) is 0 Å². The zero-order chi connectivity index (χ0) is 10.6. The van der Waals surface area contributed by atoms with Gasteiger partial charge in [0, 0.05) is 12.5 Å². The van der Waals surface area contributed by atoms with Gasteiger partial charge in [0.25, 0.3) is 0 Å². The summed E-state index contributed by atoms with van der Waals surface area (Å²) >= 11 is 0. The molecule has 0 aromatic rings. The van der Waals surface area contributed by atoms with E-state index in [1.807, 2.05) is 6.92 Å². The van der Waals surface area contributed by atoms with Crippen molar-refractivity contribution in [3.63, 3.8) is 0 Å². The first kappa shape index (κ1) is 11.5. The van der Waals surface area contributed by atoms with E-state index in [0.29, 0.717) is 30.9 Å². The number of carbonyl (C=O) groups is 1. The third kappa shape index (κ3) is 2.98. The van der Waals surface area contributed by atoms with Gasteiger partial charge in [0.1, 0.15) is 0 Å². The number of nitrogens with one attached hydrogen (secondary N) is 1. The van der Waals surface area contributed by atoms with E-state index in [4.69, 9.17) is 4.74 Å². The molecule has 1 aliphatic rings. The summed E-state index contributed by atoms with van der Waals surface area (Å²) in [5.41, 5.74) is 0. The van der Waals surface area contributed by atoms with Gasteiger partial charge in [-0.25, -0.2) is 0 Å². The van der Waals surface area contributed by atoms with E-state index in [2.05, 4.69) is 19.2 Å². The second kappa shape index (κ2) is 5.35. The molecular formula is C11H21NO2.